The van der Waals surface area contributed by atoms with Gasteiger partial charge in [0.15, 0.2) is 11.5 Å². The zero-order chi connectivity index (χ0) is 28.3. The maximum atomic E-state index is 13.6. The number of benzene rings is 3. The average molecular weight is 554 g/mol. The maximum absolute atomic E-state index is 13.6. The molecule has 0 aromatic heterocycles. The van der Waals surface area contributed by atoms with Gasteiger partial charge in [0.25, 0.3) is 11.7 Å². The van der Waals surface area contributed by atoms with Crippen molar-refractivity contribution in [3.05, 3.63) is 76.3 Å². The zero-order valence-corrected chi connectivity index (χ0v) is 22.6. The second-order valence-electron chi connectivity index (χ2n) is 8.45. The van der Waals surface area contributed by atoms with Crippen LogP contribution in [0.3, 0.4) is 0 Å². The molecule has 39 heavy (non-hydrogen) atoms. The lowest BCUT2D eigenvalue weighted by Gasteiger charge is -2.26. The molecule has 0 aliphatic carbocycles. The average Bonchev–Trinajstić information content (AvgIpc) is 3.20. The number of aliphatic hydroxyl groups excluding tert-OH is 1. The van der Waals surface area contributed by atoms with E-state index in [4.69, 9.17) is 30.5 Å². The van der Waals surface area contributed by atoms with Crippen LogP contribution in [-0.2, 0) is 9.59 Å². The highest BCUT2D eigenvalue weighted by atomic mass is 35.5. The molecule has 1 saturated heterocycles. The van der Waals surface area contributed by atoms with E-state index in [1.807, 2.05) is 6.92 Å². The van der Waals surface area contributed by atoms with Gasteiger partial charge in [-0.1, -0.05) is 23.7 Å². The molecule has 1 amide bonds. The van der Waals surface area contributed by atoms with Crippen LogP contribution in [-0.4, -0.2) is 49.3 Å². The molecule has 1 aliphatic heterocycles. The number of nitrogens with zero attached hydrogens (tertiary/aromatic N) is 1. The summed E-state index contributed by atoms with van der Waals surface area (Å²) in [5, 5.41) is 22.0. The van der Waals surface area contributed by atoms with Gasteiger partial charge in [0.05, 0.1) is 49.6 Å². The van der Waals surface area contributed by atoms with Gasteiger partial charge in [-0.25, -0.2) is 0 Å². The summed E-state index contributed by atoms with van der Waals surface area (Å²) < 4.78 is 21.8. The number of hydrogen-bond donors (Lipinski definition) is 2. The lowest BCUT2D eigenvalue weighted by molar-refractivity contribution is -0.132. The zero-order valence-electron chi connectivity index (χ0n) is 21.9. The van der Waals surface area contributed by atoms with Crippen molar-refractivity contribution < 1.29 is 38.7 Å². The second-order valence-corrected chi connectivity index (χ2v) is 8.85. The van der Waals surface area contributed by atoms with Crippen molar-refractivity contribution in [3.63, 3.8) is 0 Å². The number of anilines is 1. The first-order valence-corrected chi connectivity index (χ1v) is 12.5. The molecule has 0 radical (unpaired) electrons. The summed E-state index contributed by atoms with van der Waals surface area (Å²) in [6, 6.07) is 13.0. The number of aromatic hydroxyl groups is 1. The Hall–Kier alpha value is -4.37. The van der Waals surface area contributed by atoms with E-state index in [2.05, 4.69) is 0 Å². The molecule has 1 unspecified atom stereocenters. The van der Waals surface area contributed by atoms with Gasteiger partial charge in [0, 0.05) is 17.8 Å². The molecule has 1 atom stereocenters. The van der Waals surface area contributed by atoms with Gasteiger partial charge in [0.2, 0.25) is 0 Å². The number of halogens is 1. The van der Waals surface area contributed by atoms with E-state index >= 15 is 0 Å². The van der Waals surface area contributed by atoms with Crippen LogP contribution in [0.15, 0.2) is 60.2 Å². The van der Waals surface area contributed by atoms with E-state index < -0.39 is 23.5 Å². The van der Waals surface area contributed by atoms with Crippen molar-refractivity contribution in [1.82, 2.24) is 0 Å². The Bertz CT molecular complexity index is 1450. The fourth-order valence-electron chi connectivity index (χ4n) is 4.47. The van der Waals surface area contributed by atoms with Crippen molar-refractivity contribution in [1.29, 1.82) is 0 Å². The Labute approximate surface area is 230 Å². The summed E-state index contributed by atoms with van der Waals surface area (Å²) in [5.74, 6) is -1.24. The van der Waals surface area contributed by atoms with Gasteiger partial charge in [0.1, 0.15) is 23.0 Å². The summed E-state index contributed by atoms with van der Waals surface area (Å²) >= 11 is 6.34. The number of aliphatic hydroxyl groups is 1. The van der Waals surface area contributed by atoms with E-state index in [9.17, 15) is 19.8 Å². The minimum atomic E-state index is -1.09. The van der Waals surface area contributed by atoms with Gasteiger partial charge in [-0.3, -0.25) is 14.5 Å². The Balaban J connectivity index is 2.00. The first-order chi connectivity index (χ1) is 18.7. The fraction of sp³-hybridized carbons (Fsp3) is 0.241. The number of carbonyl (C=O) groups is 2. The molecule has 0 saturated carbocycles. The molecule has 0 bridgehead atoms. The highest BCUT2D eigenvalue weighted by Crippen LogP contribution is 2.46. The molecule has 9 nitrogen and oxygen atoms in total. The topological polar surface area (TPSA) is 115 Å². The quantitative estimate of drug-likeness (QED) is 0.203. The molecular formula is C29H28ClNO8. The van der Waals surface area contributed by atoms with Crippen LogP contribution in [0.2, 0.25) is 5.02 Å². The van der Waals surface area contributed by atoms with Crippen molar-refractivity contribution >= 4 is 34.7 Å². The van der Waals surface area contributed by atoms with E-state index in [1.165, 1.54) is 43.4 Å². The van der Waals surface area contributed by atoms with Crippen LogP contribution in [0.1, 0.15) is 31.0 Å². The van der Waals surface area contributed by atoms with E-state index in [-0.39, 0.29) is 40.0 Å². The Morgan fingerprint density at radius 3 is 2.31 bits per heavy atom. The Kier molecular flexibility index (Phi) is 8.21. The predicted molar refractivity (Wildman–Crippen MR) is 146 cm³/mol. The number of ketones is 1. The number of hydrogen-bond acceptors (Lipinski definition) is 8. The monoisotopic (exact) mass is 553 g/mol. The van der Waals surface area contributed by atoms with Crippen molar-refractivity contribution in [2.45, 2.75) is 19.9 Å². The number of phenols is 1. The molecular weight excluding hydrogens is 526 g/mol. The standard InChI is InChI=1S/C29H28ClNO8/c1-5-38-18-9-7-8-17(13-18)31-26(16-10-11-21(32)24(12-16)39-6-2)25(28(34)29(31)35)27(33)19-14-20(30)23(37-4)15-22(19)36-3/h7-15,26,32-33H,5-6H2,1-4H3/b27-25+. The first-order valence-electron chi connectivity index (χ1n) is 12.2. The van der Waals surface area contributed by atoms with Gasteiger partial charge in [-0.05, 0) is 49.7 Å². The minimum Gasteiger partial charge on any atom is -0.507 e. The molecule has 204 valence electrons. The number of carbonyl (C=O) groups excluding carboxylic acids is 2. The van der Waals surface area contributed by atoms with Crippen LogP contribution in [0.4, 0.5) is 5.69 Å². The van der Waals surface area contributed by atoms with Crippen molar-refractivity contribution in [2.75, 3.05) is 32.3 Å². The van der Waals surface area contributed by atoms with Crippen LogP contribution in [0, 0.1) is 0 Å². The highest BCUT2D eigenvalue weighted by molar-refractivity contribution is 6.51. The molecule has 10 heteroatoms. The second kappa shape index (κ2) is 11.6. The molecule has 3 aromatic carbocycles. The number of ether oxygens (including phenoxy) is 4. The summed E-state index contributed by atoms with van der Waals surface area (Å²) in [4.78, 5) is 28.4. The highest BCUT2D eigenvalue weighted by Gasteiger charge is 2.47. The summed E-state index contributed by atoms with van der Waals surface area (Å²) in [6.07, 6.45) is 0. The molecule has 2 N–H and O–H groups in total. The summed E-state index contributed by atoms with van der Waals surface area (Å²) in [7, 11) is 2.83. The van der Waals surface area contributed by atoms with Crippen LogP contribution in [0.25, 0.3) is 5.76 Å². The largest absolute Gasteiger partial charge is 0.507 e. The van der Waals surface area contributed by atoms with Gasteiger partial charge in [-0.2, -0.15) is 0 Å². The van der Waals surface area contributed by atoms with Crippen molar-refractivity contribution in [2.24, 2.45) is 0 Å². The lowest BCUT2D eigenvalue weighted by Crippen LogP contribution is -2.29. The van der Waals surface area contributed by atoms with Crippen LogP contribution < -0.4 is 23.8 Å². The Morgan fingerprint density at radius 2 is 1.64 bits per heavy atom. The van der Waals surface area contributed by atoms with Gasteiger partial charge < -0.3 is 29.2 Å². The third kappa shape index (κ3) is 5.18. The first kappa shape index (κ1) is 27.7. The molecule has 1 heterocycles. The SMILES string of the molecule is CCOc1cccc(N2C(=O)C(=O)/C(=C(/O)c3cc(Cl)c(OC)cc3OC)C2c2ccc(O)c(OCC)c2)c1. The van der Waals surface area contributed by atoms with E-state index in [1.54, 1.807) is 37.3 Å². The summed E-state index contributed by atoms with van der Waals surface area (Å²) in [6.45, 7) is 4.27. The van der Waals surface area contributed by atoms with Crippen molar-refractivity contribution in [3.8, 4) is 28.7 Å². The molecule has 1 fully saturated rings. The maximum Gasteiger partial charge on any atom is 0.300 e. The number of amides is 1. The summed E-state index contributed by atoms with van der Waals surface area (Å²) in [5.41, 5.74) is 0.683. The molecule has 4 rings (SSSR count). The Morgan fingerprint density at radius 1 is 0.923 bits per heavy atom. The van der Waals surface area contributed by atoms with Crippen LogP contribution in [0.5, 0.6) is 28.7 Å². The lowest BCUT2D eigenvalue weighted by atomic mass is 9.94. The molecule has 3 aromatic rings. The minimum absolute atomic E-state index is 0.0955. The number of rotatable bonds is 9. The molecule has 0 spiro atoms. The van der Waals surface area contributed by atoms with E-state index in [0.29, 0.717) is 29.4 Å². The number of phenolic OH excluding ortho intramolecular Hbond substituents is 1. The normalized spacial score (nSPS) is 16.3. The third-order valence-electron chi connectivity index (χ3n) is 6.18. The predicted octanol–water partition coefficient (Wildman–Crippen LogP) is 5.49. The van der Waals surface area contributed by atoms with Crippen LogP contribution >= 0.6 is 11.6 Å². The van der Waals surface area contributed by atoms with Gasteiger partial charge >= 0.3 is 0 Å². The number of Topliss-reactive ketones (excluding diaryl/α,β-unsaturated/α-hetero) is 1. The van der Waals surface area contributed by atoms with E-state index in [0.717, 1.165) is 0 Å². The molecule has 1 aliphatic rings. The fourth-order valence-corrected chi connectivity index (χ4v) is 4.71. The smallest absolute Gasteiger partial charge is 0.300 e. The number of methoxy groups -OCH3 is 2. The third-order valence-corrected chi connectivity index (χ3v) is 6.48. The van der Waals surface area contributed by atoms with Gasteiger partial charge in [-0.15, -0.1) is 0 Å².